The van der Waals surface area contributed by atoms with Crippen LogP contribution in [0.25, 0.3) is 0 Å². The highest BCUT2D eigenvalue weighted by atomic mass is 35.7. The minimum Gasteiger partial charge on any atom is -0.394 e. The standard InChI is InChI=1S/C10H22O5S.C10H22O2.ClHO3S/c1-3-4-5-6-7-10(2)14-8-9-15-16(11,12)13;1-3-4-5-6-7-10(2)12-9-8-11;1-5(2,3)4/h10H,3-9H2,1-2H3,(H,11,12,13);10-11H,3-9H2,1-2H3;(H,2,3,4). The van der Waals surface area contributed by atoms with Crippen LogP contribution in [0, 0.1) is 0 Å². The smallest absolute Gasteiger partial charge is 0.394 e. The summed E-state index contributed by atoms with van der Waals surface area (Å²) in [6.07, 6.45) is 12.4. The molecule has 2 atom stereocenters. The highest BCUT2D eigenvalue weighted by Crippen LogP contribution is 2.08. The molecule has 0 aliphatic heterocycles. The van der Waals surface area contributed by atoms with Gasteiger partial charge in [-0.1, -0.05) is 65.2 Å². The van der Waals surface area contributed by atoms with Crippen LogP contribution in [-0.4, -0.2) is 69.7 Å². The second-order valence-corrected chi connectivity index (χ2v) is 10.5. The lowest BCUT2D eigenvalue weighted by molar-refractivity contribution is 0.0334. The average Bonchev–Trinajstić information content (AvgIpc) is 2.69. The van der Waals surface area contributed by atoms with Gasteiger partial charge in [0.2, 0.25) is 0 Å². The summed E-state index contributed by atoms with van der Waals surface area (Å²) in [5.41, 5.74) is 0. The van der Waals surface area contributed by atoms with Crippen LogP contribution in [-0.2, 0) is 33.4 Å². The van der Waals surface area contributed by atoms with Gasteiger partial charge in [-0.3, -0.25) is 9.11 Å². The number of aliphatic hydroxyl groups excluding tert-OH is 1. The zero-order valence-electron chi connectivity index (χ0n) is 20.4. The Labute approximate surface area is 205 Å². The van der Waals surface area contributed by atoms with Crippen molar-refractivity contribution in [2.75, 3.05) is 26.4 Å². The van der Waals surface area contributed by atoms with Crippen molar-refractivity contribution in [3.05, 3.63) is 0 Å². The van der Waals surface area contributed by atoms with E-state index in [1.807, 2.05) is 6.92 Å². The fourth-order valence-corrected chi connectivity index (χ4v) is 2.80. The summed E-state index contributed by atoms with van der Waals surface area (Å²) in [4.78, 5) is 0. The van der Waals surface area contributed by atoms with Gasteiger partial charge in [0.05, 0.1) is 38.6 Å². The molecule has 0 saturated heterocycles. The number of hydrogen-bond acceptors (Lipinski definition) is 8. The minimum atomic E-state index is -4.33. The number of aliphatic hydroxyl groups is 1. The monoisotopic (exact) mass is 544 g/mol. The average molecular weight is 545 g/mol. The highest BCUT2D eigenvalue weighted by molar-refractivity contribution is 8.09. The maximum absolute atomic E-state index is 10.2. The molecule has 0 radical (unpaired) electrons. The van der Waals surface area contributed by atoms with Gasteiger partial charge in [-0.05, 0) is 26.7 Å². The molecule has 0 aromatic rings. The molecule has 33 heavy (non-hydrogen) atoms. The lowest BCUT2D eigenvalue weighted by atomic mass is 10.1. The molecule has 3 N–H and O–H groups in total. The zero-order chi connectivity index (χ0) is 26.2. The molecular weight excluding hydrogens is 500 g/mol. The Hall–Kier alpha value is -0.0500. The summed E-state index contributed by atoms with van der Waals surface area (Å²) in [7, 11) is -4.46. The van der Waals surface area contributed by atoms with E-state index in [1.54, 1.807) is 0 Å². The Morgan fingerprint density at radius 3 is 1.45 bits per heavy atom. The van der Waals surface area contributed by atoms with E-state index in [-0.39, 0.29) is 25.9 Å². The van der Waals surface area contributed by atoms with Crippen LogP contribution < -0.4 is 0 Å². The molecule has 0 aliphatic carbocycles. The van der Waals surface area contributed by atoms with Crippen LogP contribution in [0.1, 0.15) is 91.9 Å². The van der Waals surface area contributed by atoms with E-state index in [9.17, 15) is 8.42 Å². The number of rotatable bonds is 18. The molecule has 2 unspecified atom stereocenters. The Morgan fingerprint density at radius 1 is 0.727 bits per heavy atom. The first-order valence-corrected chi connectivity index (χ1v) is 15.0. The minimum absolute atomic E-state index is 0.0989. The van der Waals surface area contributed by atoms with Gasteiger partial charge in [-0.2, -0.15) is 16.8 Å². The lowest BCUT2D eigenvalue weighted by Crippen LogP contribution is -2.15. The first-order chi connectivity index (χ1) is 15.3. The van der Waals surface area contributed by atoms with Crippen molar-refractivity contribution >= 4 is 30.4 Å². The van der Waals surface area contributed by atoms with Crippen molar-refractivity contribution in [1.29, 1.82) is 0 Å². The summed E-state index contributed by atoms with van der Waals surface area (Å²) in [6.45, 7) is 9.04. The summed E-state index contributed by atoms with van der Waals surface area (Å²) in [6, 6.07) is 0. The van der Waals surface area contributed by atoms with Gasteiger partial charge in [0.15, 0.2) is 0 Å². The molecule has 0 aliphatic rings. The second kappa shape index (κ2) is 25.1. The highest BCUT2D eigenvalue weighted by Gasteiger charge is 2.06. The Balaban J connectivity index is -0.000000465. The van der Waals surface area contributed by atoms with Gasteiger partial charge in [-0.25, -0.2) is 4.18 Å². The van der Waals surface area contributed by atoms with E-state index in [0.717, 1.165) is 19.3 Å². The second-order valence-electron chi connectivity index (χ2n) is 7.45. The molecule has 0 rings (SSSR count). The van der Waals surface area contributed by atoms with Crippen molar-refractivity contribution in [1.82, 2.24) is 0 Å². The molecule has 10 nitrogen and oxygen atoms in total. The van der Waals surface area contributed by atoms with Crippen LogP contribution in [0.5, 0.6) is 0 Å². The van der Waals surface area contributed by atoms with E-state index >= 15 is 0 Å². The third-order valence-electron chi connectivity index (χ3n) is 4.14. The molecule has 0 fully saturated rings. The largest absolute Gasteiger partial charge is 0.397 e. The van der Waals surface area contributed by atoms with Gasteiger partial charge in [0, 0.05) is 10.7 Å². The van der Waals surface area contributed by atoms with Crippen molar-refractivity contribution < 1.29 is 44.7 Å². The summed E-state index contributed by atoms with van der Waals surface area (Å²) in [5.74, 6) is 0. The van der Waals surface area contributed by atoms with E-state index in [4.69, 9.17) is 32.1 Å². The zero-order valence-corrected chi connectivity index (χ0v) is 22.8. The van der Waals surface area contributed by atoms with Crippen LogP contribution in [0.4, 0.5) is 0 Å². The van der Waals surface area contributed by atoms with Gasteiger partial charge in [-0.15, -0.1) is 0 Å². The summed E-state index contributed by atoms with van der Waals surface area (Å²) >= 11 is 0. The normalized spacial score (nSPS) is 13.3. The maximum atomic E-state index is 10.2. The first kappa shape index (κ1) is 37.5. The Morgan fingerprint density at radius 2 is 1.12 bits per heavy atom. The molecule has 0 heterocycles. The van der Waals surface area contributed by atoms with Crippen LogP contribution in [0.2, 0.25) is 0 Å². The molecule has 0 amide bonds. The third-order valence-corrected chi connectivity index (χ3v) is 4.60. The van der Waals surface area contributed by atoms with Gasteiger partial charge < -0.3 is 14.6 Å². The predicted octanol–water partition coefficient (Wildman–Crippen LogP) is 4.56. The number of halogens is 1. The van der Waals surface area contributed by atoms with Crippen molar-refractivity contribution in [2.45, 2.75) is 104 Å². The van der Waals surface area contributed by atoms with Crippen molar-refractivity contribution in [3.63, 3.8) is 0 Å². The van der Waals surface area contributed by atoms with Gasteiger partial charge in [0.25, 0.3) is 0 Å². The number of unbranched alkanes of at least 4 members (excludes halogenated alkanes) is 6. The number of hydrogen-bond donors (Lipinski definition) is 3. The Kier molecular flexibility index (Phi) is 28.5. The molecule has 204 valence electrons. The lowest BCUT2D eigenvalue weighted by Gasteiger charge is -2.12. The molecular formula is C20H45ClO10S2. The predicted molar refractivity (Wildman–Crippen MR) is 130 cm³/mol. The quantitative estimate of drug-likeness (QED) is 0.127. The first-order valence-electron chi connectivity index (χ1n) is 11.4. The third kappa shape index (κ3) is 50.0. The van der Waals surface area contributed by atoms with Crippen LogP contribution >= 0.6 is 10.7 Å². The fraction of sp³-hybridized carbons (Fsp3) is 1.00. The van der Waals surface area contributed by atoms with Gasteiger partial charge >= 0.3 is 19.7 Å². The fourth-order valence-electron chi connectivity index (χ4n) is 2.53. The summed E-state index contributed by atoms with van der Waals surface area (Å²) < 4.78 is 68.6. The molecule has 0 aromatic heterocycles. The van der Waals surface area contributed by atoms with Crippen LogP contribution in [0.15, 0.2) is 0 Å². The topological polar surface area (TPSA) is 157 Å². The molecule has 0 spiro atoms. The van der Waals surface area contributed by atoms with E-state index < -0.39 is 19.7 Å². The molecule has 13 heteroatoms. The van der Waals surface area contributed by atoms with E-state index in [1.165, 1.54) is 44.9 Å². The molecule has 0 bridgehead atoms. The van der Waals surface area contributed by atoms with Crippen LogP contribution in [0.3, 0.4) is 0 Å². The SMILES string of the molecule is CCCCCCC(C)OCCO.CCCCCCC(C)OCCOS(=O)(=O)O.O=S(=O)(O)Cl. The number of ether oxygens (including phenoxy) is 2. The Bertz CT molecular complexity index is 592. The van der Waals surface area contributed by atoms with E-state index in [0.29, 0.717) is 12.7 Å². The maximum Gasteiger partial charge on any atom is 0.397 e. The van der Waals surface area contributed by atoms with Gasteiger partial charge in [0.1, 0.15) is 0 Å². The molecule has 0 aromatic carbocycles. The van der Waals surface area contributed by atoms with Crippen molar-refractivity contribution in [3.8, 4) is 0 Å². The summed E-state index contributed by atoms with van der Waals surface area (Å²) in [5, 5.41) is 8.50. The van der Waals surface area contributed by atoms with E-state index in [2.05, 4.69) is 35.6 Å². The molecule has 0 saturated carbocycles. The van der Waals surface area contributed by atoms with Crippen molar-refractivity contribution in [2.24, 2.45) is 0 Å².